The number of aromatic hydroxyl groups is 1. The van der Waals surface area contributed by atoms with Crippen molar-refractivity contribution in [1.29, 1.82) is 5.26 Å². The van der Waals surface area contributed by atoms with Gasteiger partial charge in [0, 0.05) is 18.2 Å². The second kappa shape index (κ2) is 4.73. The molecule has 0 amide bonds. The Balaban J connectivity index is 3.24. The number of nitrogens with two attached hydrogens (primary N) is 1. The molecule has 0 aliphatic carbocycles. The zero-order chi connectivity index (χ0) is 11.4. The number of phenols is 1. The van der Waals surface area contributed by atoms with Crippen LogP contribution in [0, 0.1) is 17.1 Å². The highest BCUT2D eigenvalue weighted by atomic mass is 19.1. The van der Waals surface area contributed by atoms with Gasteiger partial charge in [-0.15, -0.1) is 0 Å². The molecule has 0 bridgehead atoms. The van der Waals surface area contributed by atoms with Crippen molar-refractivity contribution >= 4 is 0 Å². The van der Waals surface area contributed by atoms with Gasteiger partial charge >= 0.3 is 0 Å². The molecule has 1 aromatic rings. The minimum Gasteiger partial charge on any atom is -0.505 e. The molecule has 0 saturated heterocycles. The van der Waals surface area contributed by atoms with Crippen molar-refractivity contribution in [3.63, 3.8) is 0 Å². The summed E-state index contributed by atoms with van der Waals surface area (Å²) in [6.07, 6.45) is 0.158. The van der Waals surface area contributed by atoms with E-state index in [2.05, 4.69) is 0 Å². The molecular formula is C10H11FN2O2. The van der Waals surface area contributed by atoms with Crippen LogP contribution in [0.5, 0.6) is 5.75 Å². The van der Waals surface area contributed by atoms with Crippen molar-refractivity contribution in [2.45, 2.75) is 12.5 Å². The molecule has 0 saturated carbocycles. The van der Waals surface area contributed by atoms with Gasteiger partial charge in [0.05, 0.1) is 11.6 Å². The molecule has 4 nitrogen and oxygen atoms in total. The van der Waals surface area contributed by atoms with Crippen LogP contribution >= 0.6 is 0 Å². The number of hydrogen-bond donors (Lipinski definition) is 3. The van der Waals surface area contributed by atoms with Crippen molar-refractivity contribution in [3.8, 4) is 11.8 Å². The highest BCUT2D eigenvalue weighted by molar-refractivity contribution is 5.48. The topological polar surface area (TPSA) is 90.3 Å². The third-order valence-corrected chi connectivity index (χ3v) is 2.10. The molecule has 0 unspecified atom stereocenters. The fraction of sp³-hybridized carbons (Fsp3) is 0.300. The van der Waals surface area contributed by atoms with Crippen LogP contribution < -0.4 is 5.73 Å². The molecule has 1 aromatic carbocycles. The molecule has 0 aliphatic heterocycles. The van der Waals surface area contributed by atoms with Gasteiger partial charge in [0.15, 0.2) is 11.6 Å². The summed E-state index contributed by atoms with van der Waals surface area (Å²) in [6.45, 7) is -0.192. The summed E-state index contributed by atoms with van der Waals surface area (Å²) in [5.74, 6) is -1.44. The Morgan fingerprint density at radius 1 is 1.53 bits per heavy atom. The van der Waals surface area contributed by atoms with E-state index in [1.54, 1.807) is 0 Å². The number of halogens is 1. The number of benzene rings is 1. The lowest BCUT2D eigenvalue weighted by molar-refractivity contribution is 0.275. The van der Waals surface area contributed by atoms with Gasteiger partial charge < -0.3 is 15.9 Å². The molecule has 0 fully saturated rings. The Kier molecular flexibility index (Phi) is 3.61. The maximum atomic E-state index is 13.0. The summed E-state index contributed by atoms with van der Waals surface area (Å²) in [7, 11) is 0. The number of aliphatic hydroxyl groups is 1. The first-order chi connectivity index (χ1) is 7.11. The molecule has 5 heteroatoms. The summed E-state index contributed by atoms with van der Waals surface area (Å²) in [4.78, 5) is 0. The van der Waals surface area contributed by atoms with E-state index in [0.29, 0.717) is 0 Å². The molecule has 4 N–H and O–H groups in total. The maximum Gasteiger partial charge on any atom is 0.165 e. The predicted octanol–water partition coefficient (Wildman–Crippen LogP) is 0.785. The second-order valence-electron chi connectivity index (χ2n) is 3.09. The van der Waals surface area contributed by atoms with E-state index >= 15 is 0 Å². The van der Waals surface area contributed by atoms with Crippen molar-refractivity contribution in [2.24, 2.45) is 5.73 Å². The smallest absolute Gasteiger partial charge is 0.165 e. The number of nitrogens with zero attached hydrogens (tertiary/aromatic N) is 1. The Morgan fingerprint density at radius 2 is 2.20 bits per heavy atom. The Hall–Kier alpha value is -1.64. The highest BCUT2D eigenvalue weighted by Gasteiger charge is 2.18. The van der Waals surface area contributed by atoms with Gasteiger partial charge in [0.1, 0.15) is 0 Å². The molecule has 0 aromatic heterocycles. The van der Waals surface area contributed by atoms with Crippen LogP contribution in [0.1, 0.15) is 23.6 Å². The van der Waals surface area contributed by atoms with Crippen LogP contribution in [0.15, 0.2) is 12.1 Å². The molecular weight excluding hydrogens is 199 g/mol. The quantitative estimate of drug-likeness (QED) is 0.687. The van der Waals surface area contributed by atoms with Crippen LogP contribution in [0.3, 0.4) is 0 Å². The predicted molar refractivity (Wildman–Crippen MR) is 51.4 cm³/mol. The van der Waals surface area contributed by atoms with Gasteiger partial charge in [-0.25, -0.2) is 4.39 Å². The maximum absolute atomic E-state index is 13.0. The summed E-state index contributed by atoms with van der Waals surface area (Å²) in [5.41, 5.74) is 5.78. The van der Waals surface area contributed by atoms with E-state index in [-0.39, 0.29) is 24.2 Å². The summed E-state index contributed by atoms with van der Waals surface area (Å²) >= 11 is 0. The molecule has 1 atom stereocenters. The molecule has 0 heterocycles. The van der Waals surface area contributed by atoms with Crippen molar-refractivity contribution in [3.05, 3.63) is 29.1 Å². The van der Waals surface area contributed by atoms with E-state index in [1.165, 1.54) is 6.07 Å². The van der Waals surface area contributed by atoms with Gasteiger partial charge in [0.2, 0.25) is 0 Å². The van der Waals surface area contributed by atoms with E-state index in [4.69, 9.17) is 16.1 Å². The average molecular weight is 210 g/mol. The minimum absolute atomic E-state index is 0.0477. The largest absolute Gasteiger partial charge is 0.505 e. The van der Waals surface area contributed by atoms with Crippen molar-refractivity contribution in [1.82, 2.24) is 0 Å². The first kappa shape index (κ1) is 11.4. The molecule has 0 spiro atoms. The van der Waals surface area contributed by atoms with E-state index in [9.17, 15) is 9.50 Å². The Morgan fingerprint density at radius 3 is 2.73 bits per heavy atom. The molecule has 0 radical (unpaired) electrons. The first-order valence-corrected chi connectivity index (χ1v) is 4.39. The molecule has 1 rings (SSSR count). The zero-order valence-corrected chi connectivity index (χ0v) is 7.94. The number of nitriles is 1. The fourth-order valence-electron chi connectivity index (χ4n) is 1.34. The SMILES string of the molecule is N#Cc1ccc(F)c(O)c1[C@@H](N)CCO. The van der Waals surface area contributed by atoms with Crippen LogP contribution in [0.2, 0.25) is 0 Å². The van der Waals surface area contributed by atoms with E-state index < -0.39 is 17.6 Å². The number of phenolic OH excluding ortho intramolecular Hbond substituents is 1. The molecule has 0 aliphatic rings. The fourth-order valence-corrected chi connectivity index (χ4v) is 1.34. The Labute approximate surface area is 86.4 Å². The van der Waals surface area contributed by atoms with Crippen molar-refractivity contribution in [2.75, 3.05) is 6.61 Å². The van der Waals surface area contributed by atoms with Gasteiger partial charge in [-0.2, -0.15) is 5.26 Å². The minimum atomic E-state index is -0.822. The van der Waals surface area contributed by atoms with E-state index in [0.717, 1.165) is 6.07 Å². The van der Waals surface area contributed by atoms with Gasteiger partial charge in [0.25, 0.3) is 0 Å². The third-order valence-electron chi connectivity index (χ3n) is 2.10. The Bertz CT molecular complexity index is 401. The second-order valence-corrected chi connectivity index (χ2v) is 3.09. The van der Waals surface area contributed by atoms with Crippen LogP contribution in [-0.2, 0) is 0 Å². The average Bonchev–Trinajstić information content (AvgIpc) is 2.22. The lowest BCUT2D eigenvalue weighted by atomic mass is 9.98. The zero-order valence-electron chi connectivity index (χ0n) is 7.94. The van der Waals surface area contributed by atoms with Gasteiger partial charge in [-0.05, 0) is 18.6 Å². The van der Waals surface area contributed by atoms with Gasteiger partial charge in [-0.1, -0.05) is 0 Å². The summed E-state index contributed by atoms with van der Waals surface area (Å²) in [6, 6.07) is 3.32. The lowest BCUT2D eigenvalue weighted by Crippen LogP contribution is -2.14. The monoisotopic (exact) mass is 210 g/mol. The summed E-state index contributed by atoms with van der Waals surface area (Å²) in [5, 5.41) is 26.9. The van der Waals surface area contributed by atoms with Gasteiger partial charge in [-0.3, -0.25) is 0 Å². The molecule has 80 valence electrons. The lowest BCUT2D eigenvalue weighted by Gasteiger charge is -2.14. The van der Waals surface area contributed by atoms with E-state index in [1.807, 2.05) is 6.07 Å². The van der Waals surface area contributed by atoms with Crippen LogP contribution in [0.25, 0.3) is 0 Å². The molecule has 15 heavy (non-hydrogen) atoms. The number of rotatable bonds is 3. The number of aliphatic hydroxyl groups excluding tert-OH is 1. The number of hydrogen-bond acceptors (Lipinski definition) is 4. The normalized spacial score (nSPS) is 12.1. The highest BCUT2D eigenvalue weighted by Crippen LogP contribution is 2.30. The first-order valence-electron chi connectivity index (χ1n) is 4.39. The third kappa shape index (κ3) is 2.24. The van der Waals surface area contributed by atoms with Crippen LogP contribution in [-0.4, -0.2) is 16.8 Å². The summed E-state index contributed by atoms with van der Waals surface area (Å²) < 4.78 is 13.0. The van der Waals surface area contributed by atoms with Crippen LogP contribution in [0.4, 0.5) is 4.39 Å². The standard InChI is InChI=1S/C10H11FN2O2/c11-7-2-1-6(5-12)9(10(7)15)8(13)3-4-14/h1-2,8,14-15H,3-4,13H2/t8-/m0/s1. The van der Waals surface area contributed by atoms with Crippen molar-refractivity contribution < 1.29 is 14.6 Å².